The first-order chi connectivity index (χ1) is 9.42. The second-order valence-electron chi connectivity index (χ2n) is 3.90. The lowest BCUT2D eigenvalue weighted by Crippen LogP contribution is -2.50. The summed E-state index contributed by atoms with van der Waals surface area (Å²) in [7, 11) is 1.45. The maximum absolute atomic E-state index is 11.9. The SMILES string of the molecule is COCCN(CCC#N)C(=O)N[C@H](CC(N)=O)C(=O)O. The Hall–Kier alpha value is -2.34. The van der Waals surface area contributed by atoms with Crippen LogP contribution in [-0.2, 0) is 14.3 Å². The Kier molecular flexibility index (Phi) is 8.45. The smallest absolute Gasteiger partial charge is 0.326 e. The van der Waals surface area contributed by atoms with Crippen LogP contribution in [0.15, 0.2) is 0 Å². The number of nitriles is 1. The van der Waals surface area contributed by atoms with E-state index in [0.29, 0.717) is 0 Å². The van der Waals surface area contributed by atoms with Crippen LogP contribution in [0.5, 0.6) is 0 Å². The van der Waals surface area contributed by atoms with E-state index in [1.54, 1.807) is 0 Å². The van der Waals surface area contributed by atoms with Crippen molar-refractivity contribution >= 4 is 17.9 Å². The maximum atomic E-state index is 11.9. The average Bonchev–Trinajstić information content (AvgIpc) is 2.37. The van der Waals surface area contributed by atoms with Gasteiger partial charge in [0.1, 0.15) is 6.04 Å². The van der Waals surface area contributed by atoms with Crippen molar-refractivity contribution in [2.45, 2.75) is 18.9 Å². The number of carboxylic acid groups (broad SMARTS) is 1. The van der Waals surface area contributed by atoms with Crippen molar-refractivity contribution in [2.24, 2.45) is 5.73 Å². The molecule has 0 aromatic rings. The van der Waals surface area contributed by atoms with Gasteiger partial charge in [-0.3, -0.25) is 4.79 Å². The normalized spacial score (nSPS) is 11.2. The highest BCUT2D eigenvalue weighted by molar-refractivity contribution is 5.87. The number of carbonyl (C=O) groups is 3. The fourth-order valence-corrected chi connectivity index (χ4v) is 1.34. The molecule has 0 aromatic carbocycles. The largest absolute Gasteiger partial charge is 0.480 e. The maximum Gasteiger partial charge on any atom is 0.326 e. The molecule has 3 amide bonds. The van der Waals surface area contributed by atoms with E-state index in [2.05, 4.69) is 5.32 Å². The second-order valence-corrected chi connectivity index (χ2v) is 3.90. The zero-order valence-electron chi connectivity index (χ0n) is 11.2. The minimum atomic E-state index is -1.40. The molecule has 112 valence electrons. The molecule has 0 radical (unpaired) electrons. The summed E-state index contributed by atoms with van der Waals surface area (Å²) in [6.45, 7) is 0.577. The van der Waals surface area contributed by atoms with Crippen molar-refractivity contribution in [3.05, 3.63) is 0 Å². The number of methoxy groups -OCH3 is 1. The van der Waals surface area contributed by atoms with E-state index in [9.17, 15) is 14.4 Å². The number of ether oxygens (including phenoxy) is 1. The molecular weight excluding hydrogens is 268 g/mol. The van der Waals surface area contributed by atoms with Gasteiger partial charge in [-0.05, 0) is 0 Å². The van der Waals surface area contributed by atoms with Crippen LogP contribution in [0.1, 0.15) is 12.8 Å². The molecule has 0 saturated carbocycles. The van der Waals surface area contributed by atoms with Crippen molar-refractivity contribution in [3.8, 4) is 6.07 Å². The first-order valence-electron chi connectivity index (χ1n) is 5.84. The fraction of sp³-hybridized carbons (Fsp3) is 0.636. The number of carbonyl (C=O) groups excluding carboxylic acids is 2. The van der Waals surface area contributed by atoms with Crippen LogP contribution in [0.4, 0.5) is 4.79 Å². The van der Waals surface area contributed by atoms with Crippen LogP contribution in [0.25, 0.3) is 0 Å². The van der Waals surface area contributed by atoms with Gasteiger partial charge >= 0.3 is 12.0 Å². The van der Waals surface area contributed by atoms with Gasteiger partial charge in [-0.15, -0.1) is 0 Å². The highest BCUT2D eigenvalue weighted by atomic mass is 16.5. The summed E-state index contributed by atoms with van der Waals surface area (Å²) in [5.41, 5.74) is 4.91. The molecular formula is C11H18N4O5. The van der Waals surface area contributed by atoms with Gasteiger partial charge in [0.05, 0.1) is 25.5 Å². The molecule has 0 fully saturated rings. The second kappa shape index (κ2) is 9.57. The van der Waals surface area contributed by atoms with Crippen molar-refractivity contribution in [2.75, 3.05) is 26.8 Å². The summed E-state index contributed by atoms with van der Waals surface area (Å²) in [6, 6.07) is -0.200. The quantitative estimate of drug-likeness (QED) is 0.489. The minimum Gasteiger partial charge on any atom is -0.480 e. The Labute approximate surface area is 116 Å². The molecule has 0 unspecified atom stereocenters. The summed E-state index contributed by atoms with van der Waals surface area (Å²) < 4.78 is 4.82. The predicted octanol–water partition coefficient (Wildman–Crippen LogP) is -1.11. The average molecular weight is 286 g/mol. The van der Waals surface area contributed by atoms with Crippen LogP contribution in [0.2, 0.25) is 0 Å². The molecule has 20 heavy (non-hydrogen) atoms. The Morgan fingerprint density at radius 1 is 1.45 bits per heavy atom. The van der Waals surface area contributed by atoms with E-state index in [1.165, 1.54) is 12.0 Å². The summed E-state index contributed by atoms with van der Waals surface area (Å²) >= 11 is 0. The molecule has 0 aliphatic rings. The first kappa shape index (κ1) is 17.7. The number of amides is 3. The third kappa shape index (κ3) is 7.17. The topological polar surface area (TPSA) is 146 Å². The number of aliphatic carboxylic acids is 1. The van der Waals surface area contributed by atoms with E-state index in [4.69, 9.17) is 20.8 Å². The highest BCUT2D eigenvalue weighted by Crippen LogP contribution is 1.98. The Morgan fingerprint density at radius 2 is 2.10 bits per heavy atom. The molecule has 0 aliphatic carbocycles. The van der Waals surface area contributed by atoms with Crippen LogP contribution < -0.4 is 11.1 Å². The lowest BCUT2D eigenvalue weighted by Gasteiger charge is -2.23. The van der Waals surface area contributed by atoms with Gasteiger partial charge in [-0.2, -0.15) is 5.26 Å². The van der Waals surface area contributed by atoms with Crippen molar-refractivity contribution in [1.82, 2.24) is 10.2 Å². The zero-order chi connectivity index (χ0) is 15.5. The fourth-order valence-electron chi connectivity index (χ4n) is 1.34. The number of nitrogens with two attached hydrogens (primary N) is 1. The number of carboxylic acids is 1. The van der Waals surface area contributed by atoms with E-state index in [-0.39, 0.29) is 26.1 Å². The lowest BCUT2D eigenvalue weighted by molar-refractivity contribution is -0.140. The molecule has 9 heteroatoms. The van der Waals surface area contributed by atoms with Crippen molar-refractivity contribution in [3.63, 3.8) is 0 Å². The number of urea groups is 1. The number of rotatable bonds is 9. The highest BCUT2D eigenvalue weighted by Gasteiger charge is 2.24. The standard InChI is InChI=1S/C11H18N4O5/c1-20-6-5-15(4-2-3-12)11(19)14-8(10(17)18)7-9(13)16/h8H,2,4-7H2,1H3,(H2,13,16)(H,14,19)(H,17,18)/t8-/m1/s1. The molecule has 0 aliphatic heterocycles. The number of hydrogen-bond donors (Lipinski definition) is 3. The zero-order valence-corrected chi connectivity index (χ0v) is 11.2. The van der Waals surface area contributed by atoms with Gasteiger partial charge in [0.2, 0.25) is 5.91 Å². The molecule has 0 aromatic heterocycles. The molecule has 9 nitrogen and oxygen atoms in total. The molecule has 0 bridgehead atoms. The lowest BCUT2D eigenvalue weighted by atomic mass is 10.2. The van der Waals surface area contributed by atoms with Gasteiger partial charge in [0, 0.05) is 20.2 Å². The first-order valence-corrected chi connectivity index (χ1v) is 5.84. The third-order valence-corrected chi connectivity index (χ3v) is 2.35. The summed E-state index contributed by atoms with van der Waals surface area (Å²) in [6.07, 6.45) is -0.401. The van der Waals surface area contributed by atoms with E-state index in [0.717, 1.165) is 0 Å². The molecule has 4 N–H and O–H groups in total. The van der Waals surface area contributed by atoms with Gasteiger partial charge in [0.25, 0.3) is 0 Å². The van der Waals surface area contributed by atoms with E-state index < -0.39 is 30.4 Å². The molecule has 0 spiro atoms. The van der Waals surface area contributed by atoms with Gasteiger partial charge < -0.3 is 25.8 Å². The predicted molar refractivity (Wildman–Crippen MR) is 67.4 cm³/mol. The minimum absolute atomic E-state index is 0.102. The van der Waals surface area contributed by atoms with E-state index >= 15 is 0 Å². The third-order valence-electron chi connectivity index (χ3n) is 2.35. The van der Waals surface area contributed by atoms with Gasteiger partial charge in [0.15, 0.2) is 0 Å². The van der Waals surface area contributed by atoms with Crippen molar-refractivity contribution in [1.29, 1.82) is 5.26 Å². The van der Waals surface area contributed by atoms with Crippen LogP contribution >= 0.6 is 0 Å². The van der Waals surface area contributed by atoms with Crippen LogP contribution in [0, 0.1) is 11.3 Å². The monoisotopic (exact) mass is 286 g/mol. The number of nitrogens with one attached hydrogen (secondary N) is 1. The Morgan fingerprint density at radius 3 is 2.55 bits per heavy atom. The summed E-state index contributed by atoms with van der Waals surface area (Å²) in [4.78, 5) is 34.8. The summed E-state index contributed by atoms with van der Waals surface area (Å²) in [5.74, 6) is -2.19. The van der Waals surface area contributed by atoms with Crippen molar-refractivity contribution < 1.29 is 24.2 Å². The molecule has 0 rings (SSSR count). The number of hydrogen-bond acceptors (Lipinski definition) is 5. The molecule has 0 heterocycles. The molecule has 1 atom stereocenters. The van der Waals surface area contributed by atoms with E-state index in [1.807, 2.05) is 6.07 Å². The Balaban J connectivity index is 4.64. The Bertz CT molecular complexity index is 393. The summed E-state index contributed by atoms with van der Waals surface area (Å²) in [5, 5.41) is 19.6. The van der Waals surface area contributed by atoms with Gasteiger partial charge in [-0.1, -0.05) is 0 Å². The van der Waals surface area contributed by atoms with Gasteiger partial charge in [-0.25, -0.2) is 9.59 Å². The number of nitrogens with zero attached hydrogens (tertiary/aromatic N) is 2. The van der Waals surface area contributed by atoms with Crippen LogP contribution in [0.3, 0.4) is 0 Å². The van der Waals surface area contributed by atoms with Crippen LogP contribution in [-0.4, -0.2) is 60.8 Å². The number of primary amides is 1. The molecule has 0 saturated heterocycles.